The average molecular weight is 446 g/mol. The molecule has 1 unspecified atom stereocenters. The highest BCUT2D eigenvalue weighted by atomic mass is 19.1. The highest BCUT2D eigenvalue weighted by Crippen LogP contribution is 2.25. The van der Waals surface area contributed by atoms with E-state index in [9.17, 15) is 14.0 Å². The molecule has 4 aromatic rings. The Bertz CT molecular complexity index is 1280. The molecule has 3 heterocycles. The normalized spacial score (nSPS) is 16.2. The Hall–Kier alpha value is -3.94. The van der Waals surface area contributed by atoms with Crippen LogP contribution in [0, 0.1) is 11.7 Å². The number of halogens is 1. The number of anilines is 1. The number of imidazole rings is 1. The molecule has 5 rings (SSSR count). The summed E-state index contributed by atoms with van der Waals surface area (Å²) in [6.07, 6.45) is 3.27. The molecule has 1 aliphatic rings. The zero-order valence-electron chi connectivity index (χ0n) is 17.9. The van der Waals surface area contributed by atoms with E-state index in [0.29, 0.717) is 30.4 Å². The molecule has 1 aliphatic heterocycles. The number of hydrogen-bond donors (Lipinski definition) is 2. The minimum Gasteiger partial charge on any atom is -0.461 e. The molecule has 2 amide bonds. The molecule has 0 aliphatic carbocycles. The molecule has 7 nitrogen and oxygen atoms in total. The number of benzene rings is 2. The summed E-state index contributed by atoms with van der Waals surface area (Å²) in [7, 11) is 0. The highest BCUT2D eigenvalue weighted by Gasteiger charge is 2.28. The second-order valence-corrected chi connectivity index (χ2v) is 8.27. The maximum Gasteiger partial charge on any atom is 0.229 e. The van der Waals surface area contributed by atoms with Crippen LogP contribution < -0.4 is 5.32 Å². The number of nitrogens with zero attached hydrogens (tertiary/aromatic N) is 2. The van der Waals surface area contributed by atoms with Gasteiger partial charge in [0.15, 0.2) is 11.6 Å². The molecule has 33 heavy (non-hydrogen) atoms. The van der Waals surface area contributed by atoms with E-state index in [0.717, 1.165) is 29.4 Å². The van der Waals surface area contributed by atoms with Crippen molar-refractivity contribution in [2.45, 2.75) is 19.3 Å². The van der Waals surface area contributed by atoms with Crippen molar-refractivity contribution in [3.63, 3.8) is 0 Å². The van der Waals surface area contributed by atoms with Crippen LogP contribution in [0.2, 0.25) is 0 Å². The Kier molecular flexibility index (Phi) is 5.64. The number of aromatic amines is 1. The van der Waals surface area contributed by atoms with Crippen molar-refractivity contribution in [2.24, 2.45) is 5.92 Å². The van der Waals surface area contributed by atoms with Gasteiger partial charge in [0.1, 0.15) is 5.82 Å². The summed E-state index contributed by atoms with van der Waals surface area (Å²) in [5.41, 5.74) is 2.99. The molecule has 2 N–H and O–H groups in total. The fourth-order valence-corrected chi connectivity index (χ4v) is 4.17. The van der Waals surface area contributed by atoms with E-state index >= 15 is 0 Å². The van der Waals surface area contributed by atoms with Gasteiger partial charge in [0.05, 0.1) is 29.6 Å². The maximum atomic E-state index is 13.1. The van der Waals surface area contributed by atoms with Gasteiger partial charge < -0.3 is 19.6 Å². The van der Waals surface area contributed by atoms with Crippen LogP contribution in [0.4, 0.5) is 10.1 Å². The molecule has 0 radical (unpaired) electrons. The van der Waals surface area contributed by atoms with Crippen LogP contribution >= 0.6 is 0 Å². The van der Waals surface area contributed by atoms with Crippen molar-refractivity contribution in [3.05, 3.63) is 72.2 Å². The van der Waals surface area contributed by atoms with E-state index in [4.69, 9.17) is 4.42 Å². The van der Waals surface area contributed by atoms with Gasteiger partial charge in [0, 0.05) is 18.8 Å². The predicted molar refractivity (Wildman–Crippen MR) is 122 cm³/mol. The van der Waals surface area contributed by atoms with E-state index < -0.39 is 0 Å². The Morgan fingerprint density at radius 1 is 1.18 bits per heavy atom. The Labute approximate surface area is 189 Å². The number of hydrogen-bond acceptors (Lipinski definition) is 4. The van der Waals surface area contributed by atoms with Gasteiger partial charge >= 0.3 is 0 Å². The smallest absolute Gasteiger partial charge is 0.229 e. The van der Waals surface area contributed by atoms with Crippen LogP contribution in [-0.4, -0.2) is 39.8 Å². The molecule has 1 fully saturated rings. The first-order valence-electron chi connectivity index (χ1n) is 10.9. The number of carbonyl (C=O) groups is 2. The second-order valence-electron chi connectivity index (χ2n) is 8.27. The number of likely N-dealkylation sites (tertiary alicyclic amines) is 1. The second kappa shape index (κ2) is 8.90. The quantitative estimate of drug-likeness (QED) is 0.476. The molecule has 2 aromatic carbocycles. The van der Waals surface area contributed by atoms with E-state index in [1.165, 1.54) is 12.1 Å². The Morgan fingerprint density at radius 3 is 2.82 bits per heavy atom. The van der Waals surface area contributed by atoms with Gasteiger partial charge in [-0.15, -0.1) is 0 Å². The number of fused-ring (bicyclic) bond motifs is 1. The molecule has 0 saturated carbocycles. The predicted octanol–water partition coefficient (Wildman–Crippen LogP) is 4.38. The number of furan rings is 1. The number of rotatable bonds is 5. The summed E-state index contributed by atoms with van der Waals surface area (Å²) < 4.78 is 18.5. The Balaban J connectivity index is 1.23. The fourth-order valence-electron chi connectivity index (χ4n) is 4.17. The molecule has 0 spiro atoms. The third-order valence-electron chi connectivity index (χ3n) is 5.92. The van der Waals surface area contributed by atoms with Gasteiger partial charge in [0.2, 0.25) is 11.8 Å². The van der Waals surface area contributed by atoms with Gasteiger partial charge in [-0.2, -0.15) is 0 Å². The third kappa shape index (κ3) is 4.64. The fraction of sp³-hybridized carbons (Fsp3) is 0.240. The van der Waals surface area contributed by atoms with Crippen molar-refractivity contribution in [2.75, 3.05) is 18.4 Å². The summed E-state index contributed by atoms with van der Waals surface area (Å²) in [5.74, 6) is 0.492. The lowest BCUT2D eigenvalue weighted by molar-refractivity contribution is -0.133. The van der Waals surface area contributed by atoms with E-state index in [-0.39, 0.29) is 30.0 Å². The van der Waals surface area contributed by atoms with E-state index in [2.05, 4.69) is 15.3 Å². The topological polar surface area (TPSA) is 91.2 Å². The number of nitrogens with one attached hydrogen (secondary N) is 2. The number of aromatic nitrogens is 2. The average Bonchev–Trinajstić information content (AvgIpc) is 3.50. The number of amides is 2. The van der Waals surface area contributed by atoms with Crippen molar-refractivity contribution in [3.8, 4) is 11.6 Å². The van der Waals surface area contributed by atoms with Crippen LogP contribution in [0.25, 0.3) is 22.6 Å². The lowest BCUT2D eigenvalue weighted by atomic mass is 9.96. The summed E-state index contributed by atoms with van der Waals surface area (Å²) in [5, 5.41) is 2.97. The van der Waals surface area contributed by atoms with Crippen LogP contribution in [0.1, 0.15) is 18.4 Å². The standard InChI is InChI=1S/C25H23FN4O3/c26-18-7-5-16(6-8-18)13-23(31)30-11-1-3-17(15-30)25(32)27-19-9-10-20-21(14-19)29-24(28-20)22-4-2-12-33-22/h2,4-10,12,14,17H,1,3,11,13,15H2,(H,27,32)(H,28,29). The summed E-state index contributed by atoms with van der Waals surface area (Å²) in [6.45, 7) is 1.00. The summed E-state index contributed by atoms with van der Waals surface area (Å²) in [6, 6.07) is 15.0. The highest BCUT2D eigenvalue weighted by molar-refractivity contribution is 5.95. The van der Waals surface area contributed by atoms with Crippen molar-refractivity contribution >= 4 is 28.5 Å². The monoisotopic (exact) mass is 446 g/mol. The SMILES string of the molecule is O=C(Nc1ccc2nc(-c3ccco3)[nH]c2c1)C1CCCN(C(=O)Cc2ccc(F)cc2)C1. The van der Waals surface area contributed by atoms with Gasteiger partial charge in [-0.25, -0.2) is 9.37 Å². The first-order chi connectivity index (χ1) is 16.0. The first-order valence-corrected chi connectivity index (χ1v) is 10.9. The number of carbonyl (C=O) groups excluding carboxylic acids is 2. The van der Waals surface area contributed by atoms with Gasteiger partial charge in [-0.1, -0.05) is 12.1 Å². The van der Waals surface area contributed by atoms with Crippen LogP contribution in [0.3, 0.4) is 0 Å². The Morgan fingerprint density at radius 2 is 2.03 bits per heavy atom. The minimum atomic E-state index is -0.327. The summed E-state index contributed by atoms with van der Waals surface area (Å²) >= 11 is 0. The zero-order valence-corrected chi connectivity index (χ0v) is 17.9. The lowest BCUT2D eigenvalue weighted by Gasteiger charge is -2.32. The zero-order chi connectivity index (χ0) is 22.8. The van der Waals surface area contributed by atoms with Gasteiger partial charge in [-0.05, 0) is 60.9 Å². The minimum absolute atomic E-state index is 0.0524. The van der Waals surface area contributed by atoms with E-state index in [1.54, 1.807) is 29.4 Å². The lowest BCUT2D eigenvalue weighted by Crippen LogP contribution is -2.44. The third-order valence-corrected chi connectivity index (χ3v) is 5.92. The molecule has 2 aromatic heterocycles. The van der Waals surface area contributed by atoms with Crippen molar-refractivity contribution in [1.82, 2.24) is 14.9 Å². The van der Waals surface area contributed by atoms with Crippen molar-refractivity contribution in [1.29, 1.82) is 0 Å². The molecule has 1 saturated heterocycles. The van der Waals surface area contributed by atoms with Crippen molar-refractivity contribution < 1.29 is 18.4 Å². The number of piperidine rings is 1. The van der Waals surface area contributed by atoms with Gasteiger partial charge in [0.25, 0.3) is 0 Å². The van der Waals surface area contributed by atoms with E-state index in [1.807, 2.05) is 24.3 Å². The molecule has 1 atom stereocenters. The molecular formula is C25H23FN4O3. The summed E-state index contributed by atoms with van der Waals surface area (Å²) in [4.78, 5) is 35.1. The number of H-pyrrole nitrogens is 1. The first kappa shape index (κ1) is 20.9. The maximum absolute atomic E-state index is 13.1. The largest absolute Gasteiger partial charge is 0.461 e. The molecule has 168 valence electrons. The molecular weight excluding hydrogens is 423 g/mol. The molecule has 0 bridgehead atoms. The molecule has 8 heteroatoms. The van der Waals surface area contributed by atoms with Gasteiger partial charge in [-0.3, -0.25) is 9.59 Å². The van der Waals surface area contributed by atoms with Crippen LogP contribution in [-0.2, 0) is 16.0 Å². The van der Waals surface area contributed by atoms with Crippen LogP contribution in [0.5, 0.6) is 0 Å². The van der Waals surface area contributed by atoms with Crippen LogP contribution in [0.15, 0.2) is 65.3 Å².